The number of ether oxygens (including phenoxy) is 1. The standard InChI is InChI=1S/C18H25N3O3S/c1-4-9-21-15-8-6-5-7-14(15)20-18(21)25-12-17(23)24-11-16(22)19-10-13(2)3/h5-8,13H,4,9-12H2,1-3H3,(H,19,22). The van der Waals surface area contributed by atoms with Crippen LogP contribution in [-0.4, -0.2) is 40.3 Å². The lowest BCUT2D eigenvalue weighted by Gasteiger charge is -2.09. The Morgan fingerprint density at radius 2 is 2.08 bits per heavy atom. The van der Waals surface area contributed by atoms with Crippen LogP contribution in [0.1, 0.15) is 27.2 Å². The van der Waals surface area contributed by atoms with Crippen molar-refractivity contribution in [2.24, 2.45) is 5.92 Å². The lowest BCUT2D eigenvalue weighted by atomic mass is 10.2. The molecule has 0 aliphatic carbocycles. The molecule has 0 aliphatic rings. The van der Waals surface area contributed by atoms with Gasteiger partial charge in [0.25, 0.3) is 5.91 Å². The van der Waals surface area contributed by atoms with E-state index in [0.29, 0.717) is 12.5 Å². The Morgan fingerprint density at radius 3 is 2.80 bits per heavy atom. The Bertz CT molecular complexity index is 727. The second-order valence-corrected chi connectivity index (χ2v) is 7.12. The van der Waals surface area contributed by atoms with Gasteiger partial charge in [-0.3, -0.25) is 9.59 Å². The summed E-state index contributed by atoms with van der Waals surface area (Å²) in [7, 11) is 0. The highest BCUT2D eigenvalue weighted by atomic mass is 32.2. The fraction of sp³-hybridized carbons (Fsp3) is 0.500. The number of thioether (sulfide) groups is 1. The molecule has 1 amide bonds. The number of aromatic nitrogens is 2. The van der Waals surface area contributed by atoms with Crippen LogP contribution in [0.3, 0.4) is 0 Å². The molecular weight excluding hydrogens is 338 g/mol. The minimum atomic E-state index is -0.417. The Morgan fingerprint density at radius 1 is 1.32 bits per heavy atom. The van der Waals surface area contributed by atoms with E-state index in [-0.39, 0.29) is 18.3 Å². The maximum atomic E-state index is 11.9. The summed E-state index contributed by atoms with van der Waals surface area (Å²) >= 11 is 1.34. The number of imidazole rings is 1. The van der Waals surface area contributed by atoms with E-state index in [2.05, 4.69) is 21.8 Å². The molecule has 2 aromatic rings. The first-order valence-electron chi connectivity index (χ1n) is 8.51. The molecule has 0 unspecified atom stereocenters. The molecule has 1 aromatic heterocycles. The number of carbonyl (C=O) groups is 2. The van der Waals surface area contributed by atoms with Crippen LogP contribution < -0.4 is 5.32 Å². The number of hydrogen-bond acceptors (Lipinski definition) is 5. The predicted molar refractivity (Wildman–Crippen MR) is 99.6 cm³/mol. The van der Waals surface area contributed by atoms with Crippen molar-refractivity contribution >= 4 is 34.7 Å². The number of para-hydroxylation sites is 2. The summed E-state index contributed by atoms with van der Waals surface area (Å²) < 4.78 is 7.14. The van der Waals surface area contributed by atoms with Gasteiger partial charge < -0.3 is 14.6 Å². The zero-order valence-electron chi connectivity index (χ0n) is 14.9. The summed E-state index contributed by atoms with van der Waals surface area (Å²) in [5.41, 5.74) is 1.98. The third kappa shape index (κ3) is 5.77. The minimum Gasteiger partial charge on any atom is -0.455 e. The number of aryl methyl sites for hydroxylation is 1. The molecule has 7 heteroatoms. The maximum Gasteiger partial charge on any atom is 0.316 e. The third-order valence-electron chi connectivity index (χ3n) is 3.46. The molecule has 0 saturated carbocycles. The van der Waals surface area contributed by atoms with Gasteiger partial charge in [-0.05, 0) is 24.5 Å². The normalized spacial score (nSPS) is 11.0. The molecule has 1 heterocycles. The molecule has 0 saturated heterocycles. The van der Waals surface area contributed by atoms with E-state index in [4.69, 9.17) is 4.74 Å². The lowest BCUT2D eigenvalue weighted by molar-refractivity contribution is -0.145. The minimum absolute atomic E-state index is 0.129. The molecule has 0 aliphatic heterocycles. The number of nitrogens with zero attached hydrogens (tertiary/aromatic N) is 2. The van der Waals surface area contributed by atoms with Crippen molar-refractivity contribution in [3.8, 4) is 0 Å². The van der Waals surface area contributed by atoms with Gasteiger partial charge in [-0.1, -0.05) is 44.7 Å². The number of hydrogen-bond donors (Lipinski definition) is 1. The van der Waals surface area contributed by atoms with E-state index < -0.39 is 5.97 Å². The monoisotopic (exact) mass is 363 g/mol. The molecule has 2 rings (SSSR count). The summed E-state index contributed by atoms with van der Waals surface area (Å²) in [4.78, 5) is 28.0. The number of esters is 1. The number of fused-ring (bicyclic) bond motifs is 1. The van der Waals surface area contributed by atoms with Crippen molar-refractivity contribution in [2.45, 2.75) is 38.9 Å². The molecule has 0 radical (unpaired) electrons. The summed E-state index contributed by atoms with van der Waals surface area (Å²) in [5.74, 6) is -0.198. The second-order valence-electron chi connectivity index (χ2n) is 6.18. The van der Waals surface area contributed by atoms with Gasteiger partial charge in [0.05, 0.1) is 16.8 Å². The molecule has 1 N–H and O–H groups in total. The molecule has 25 heavy (non-hydrogen) atoms. The Kier molecular flexibility index (Phi) is 7.31. The zero-order valence-corrected chi connectivity index (χ0v) is 15.8. The molecule has 0 bridgehead atoms. The number of amides is 1. The average molecular weight is 363 g/mol. The van der Waals surface area contributed by atoms with Gasteiger partial charge in [-0.25, -0.2) is 4.98 Å². The molecule has 0 atom stereocenters. The van der Waals surface area contributed by atoms with Gasteiger partial charge in [-0.15, -0.1) is 0 Å². The van der Waals surface area contributed by atoms with Crippen LogP contribution in [0.25, 0.3) is 11.0 Å². The van der Waals surface area contributed by atoms with Gasteiger partial charge in [-0.2, -0.15) is 0 Å². The summed E-state index contributed by atoms with van der Waals surface area (Å²) in [6.07, 6.45) is 0.981. The lowest BCUT2D eigenvalue weighted by Crippen LogP contribution is -2.31. The zero-order chi connectivity index (χ0) is 18.2. The van der Waals surface area contributed by atoms with Crippen molar-refractivity contribution < 1.29 is 14.3 Å². The third-order valence-corrected chi connectivity index (χ3v) is 4.41. The Balaban J connectivity index is 1.88. The van der Waals surface area contributed by atoms with E-state index in [0.717, 1.165) is 29.2 Å². The van der Waals surface area contributed by atoms with Crippen molar-refractivity contribution in [1.29, 1.82) is 0 Å². The van der Waals surface area contributed by atoms with E-state index in [9.17, 15) is 9.59 Å². The van der Waals surface area contributed by atoms with Crippen LogP contribution in [0.2, 0.25) is 0 Å². The van der Waals surface area contributed by atoms with Crippen molar-refractivity contribution in [3.05, 3.63) is 24.3 Å². The molecule has 0 spiro atoms. The molecule has 0 fully saturated rings. The van der Waals surface area contributed by atoms with E-state index in [1.165, 1.54) is 11.8 Å². The first-order chi connectivity index (χ1) is 12.0. The van der Waals surface area contributed by atoms with Crippen LogP contribution in [-0.2, 0) is 20.9 Å². The number of nitrogens with one attached hydrogen (secondary N) is 1. The number of rotatable bonds is 9. The highest BCUT2D eigenvalue weighted by Gasteiger charge is 2.14. The fourth-order valence-corrected chi connectivity index (χ4v) is 3.12. The van der Waals surface area contributed by atoms with Gasteiger partial charge >= 0.3 is 5.97 Å². The number of benzene rings is 1. The van der Waals surface area contributed by atoms with Gasteiger partial charge in [0.1, 0.15) is 0 Å². The topological polar surface area (TPSA) is 73.2 Å². The molecular formula is C18H25N3O3S. The van der Waals surface area contributed by atoms with Gasteiger partial charge in [0, 0.05) is 13.1 Å². The second kappa shape index (κ2) is 9.46. The maximum absolute atomic E-state index is 11.9. The quantitative estimate of drug-likeness (QED) is 0.548. The highest BCUT2D eigenvalue weighted by molar-refractivity contribution is 7.99. The van der Waals surface area contributed by atoms with Crippen LogP contribution in [0.5, 0.6) is 0 Å². The van der Waals surface area contributed by atoms with Crippen LogP contribution in [0, 0.1) is 5.92 Å². The van der Waals surface area contributed by atoms with Gasteiger partial charge in [0.15, 0.2) is 11.8 Å². The first-order valence-corrected chi connectivity index (χ1v) is 9.50. The van der Waals surface area contributed by atoms with Crippen molar-refractivity contribution in [3.63, 3.8) is 0 Å². The first kappa shape index (κ1) is 19.3. The van der Waals surface area contributed by atoms with Crippen molar-refractivity contribution in [1.82, 2.24) is 14.9 Å². The number of carbonyl (C=O) groups excluding carboxylic acids is 2. The Labute approximate surface area is 152 Å². The van der Waals surface area contributed by atoms with E-state index >= 15 is 0 Å². The van der Waals surface area contributed by atoms with E-state index in [1.54, 1.807) is 0 Å². The Hall–Kier alpha value is -2.02. The smallest absolute Gasteiger partial charge is 0.316 e. The SMILES string of the molecule is CCCn1c(SCC(=O)OCC(=O)NCC(C)C)nc2ccccc21. The molecule has 6 nitrogen and oxygen atoms in total. The summed E-state index contributed by atoms with van der Waals surface area (Å²) in [6, 6.07) is 7.92. The van der Waals surface area contributed by atoms with E-state index in [1.807, 2.05) is 38.1 Å². The molecule has 136 valence electrons. The van der Waals surface area contributed by atoms with Gasteiger partial charge in [0.2, 0.25) is 0 Å². The predicted octanol–water partition coefficient (Wildman–Crippen LogP) is 2.85. The fourth-order valence-electron chi connectivity index (χ4n) is 2.28. The average Bonchev–Trinajstić information content (AvgIpc) is 2.94. The van der Waals surface area contributed by atoms with Crippen LogP contribution >= 0.6 is 11.8 Å². The molecule has 1 aromatic carbocycles. The largest absolute Gasteiger partial charge is 0.455 e. The van der Waals surface area contributed by atoms with Crippen LogP contribution in [0.15, 0.2) is 29.4 Å². The summed E-state index contributed by atoms with van der Waals surface area (Å²) in [6.45, 7) is 7.29. The summed E-state index contributed by atoms with van der Waals surface area (Å²) in [5, 5.41) is 3.51. The van der Waals surface area contributed by atoms with Crippen molar-refractivity contribution in [2.75, 3.05) is 18.9 Å². The highest BCUT2D eigenvalue weighted by Crippen LogP contribution is 2.24. The van der Waals surface area contributed by atoms with Crippen LogP contribution in [0.4, 0.5) is 0 Å².